The largest absolute Gasteiger partial charge is 0.514 e. The third kappa shape index (κ3) is 4.31. The first-order chi connectivity index (χ1) is 10.3. The topological polar surface area (TPSA) is 72.8 Å². The highest BCUT2D eigenvalue weighted by atomic mass is 16.7. The summed E-state index contributed by atoms with van der Waals surface area (Å²) in [5, 5.41) is 9.95. The zero-order valence-electron chi connectivity index (χ0n) is 13.2. The molecule has 1 fully saturated rings. The molecule has 0 aliphatic heterocycles. The molecule has 0 heterocycles. The summed E-state index contributed by atoms with van der Waals surface area (Å²) in [5.41, 5.74) is -0.207. The summed E-state index contributed by atoms with van der Waals surface area (Å²) in [6.45, 7) is 5.16. The first-order valence-corrected chi connectivity index (χ1v) is 7.49. The predicted octanol–water partition coefficient (Wildman–Crippen LogP) is 2.99. The Morgan fingerprint density at radius 1 is 1.18 bits per heavy atom. The molecule has 0 saturated heterocycles. The SMILES string of the molecule is CC(C)(C)OC(=O)Oc1ccc([C@@H]2CCC[C@H]2O)ccc1=O. The first-order valence-electron chi connectivity index (χ1n) is 7.49. The third-order valence-corrected chi connectivity index (χ3v) is 3.59. The van der Waals surface area contributed by atoms with Gasteiger partial charge < -0.3 is 14.6 Å². The lowest BCUT2D eigenvalue weighted by molar-refractivity contribution is 0.0204. The number of hydrogen-bond donors (Lipinski definition) is 1. The Morgan fingerprint density at radius 2 is 1.86 bits per heavy atom. The molecule has 0 amide bonds. The minimum absolute atomic E-state index is 0.0289. The Bertz CT molecular complexity index is 603. The van der Waals surface area contributed by atoms with Gasteiger partial charge in [0, 0.05) is 5.92 Å². The van der Waals surface area contributed by atoms with Gasteiger partial charge in [-0.15, -0.1) is 0 Å². The highest BCUT2D eigenvalue weighted by molar-refractivity contribution is 5.64. The quantitative estimate of drug-likeness (QED) is 0.850. The summed E-state index contributed by atoms with van der Waals surface area (Å²) < 4.78 is 10.0. The summed E-state index contributed by atoms with van der Waals surface area (Å²) >= 11 is 0. The summed E-state index contributed by atoms with van der Waals surface area (Å²) in [6, 6.07) is 6.23. The van der Waals surface area contributed by atoms with Crippen LogP contribution < -0.4 is 10.2 Å². The number of rotatable bonds is 2. The molecule has 1 aromatic carbocycles. The smallest absolute Gasteiger partial charge is 0.428 e. The van der Waals surface area contributed by atoms with Crippen LogP contribution in [0.3, 0.4) is 0 Å². The van der Waals surface area contributed by atoms with Gasteiger partial charge >= 0.3 is 6.16 Å². The molecule has 2 atom stereocenters. The van der Waals surface area contributed by atoms with Gasteiger partial charge in [-0.3, -0.25) is 4.79 Å². The molecular formula is C17H22O5. The fraction of sp³-hybridized carbons (Fsp3) is 0.529. The van der Waals surface area contributed by atoms with Crippen molar-refractivity contribution in [2.75, 3.05) is 0 Å². The van der Waals surface area contributed by atoms with Crippen LogP contribution in [0.25, 0.3) is 0 Å². The highest BCUT2D eigenvalue weighted by Crippen LogP contribution is 2.34. The Balaban J connectivity index is 2.18. The van der Waals surface area contributed by atoms with E-state index in [9.17, 15) is 14.7 Å². The molecule has 5 heteroatoms. The van der Waals surface area contributed by atoms with Gasteiger partial charge in [0.1, 0.15) is 5.60 Å². The van der Waals surface area contributed by atoms with E-state index in [0.717, 1.165) is 24.8 Å². The van der Waals surface area contributed by atoms with Crippen molar-refractivity contribution in [1.29, 1.82) is 0 Å². The fourth-order valence-electron chi connectivity index (χ4n) is 2.59. The second-order valence-electron chi connectivity index (χ2n) is 6.57. The van der Waals surface area contributed by atoms with Crippen LogP contribution in [0.15, 0.2) is 29.1 Å². The predicted molar refractivity (Wildman–Crippen MR) is 82.2 cm³/mol. The van der Waals surface area contributed by atoms with E-state index in [-0.39, 0.29) is 17.8 Å². The van der Waals surface area contributed by atoms with Crippen molar-refractivity contribution in [3.63, 3.8) is 0 Å². The van der Waals surface area contributed by atoms with Crippen molar-refractivity contribution in [2.24, 2.45) is 0 Å². The van der Waals surface area contributed by atoms with Crippen LogP contribution in [0.1, 0.15) is 51.5 Å². The average molecular weight is 306 g/mol. The Hall–Kier alpha value is -1.88. The monoisotopic (exact) mass is 306 g/mol. The zero-order valence-corrected chi connectivity index (χ0v) is 13.2. The summed E-state index contributed by atoms with van der Waals surface area (Å²) in [4.78, 5) is 23.6. The molecular weight excluding hydrogens is 284 g/mol. The molecule has 0 bridgehead atoms. The minimum atomic E-state index is -0.904. The van der Waals surface area contributed by atoms with Crippen LogP contribution in [0, 0.1) is 0 Å². The van der Waals surface area contributed by atoms with Crippen molar-refractivity contribution < 1.29 is 19.4 Å². The third-order valence-electron chi connectivity index (χ3n) is 3.59. The number of hydrogen-bond acceptors (Lipinski definition) is 5. The van der Waals surface area contributed by atoms with Gasteiger partial charge in [0.2, 0.25) is 5.43 Å². The maximum Gasteiger partial charge on any atom is 0.514 e. The lowest BCUT2D eigenvalue weighted by Crippen LogP contribution is -2.26. The molecule has 5 nitrogen and oxygen atoms in total. The van der Waals surface area contributed by atoms with Crippen LogP contribution in [0.5, 0.6) is 5.75 Å². The standard InChI is InChI=1S/C17H22O5/c1-17(2,3)22-16(20)21-15-10-8-11(7-9-14(15)19)12-5-4-6-13(12)18/h7-10,12-13,18H,4-6H2,1-3H3/t12-,13+/m0/s1. The van der Waals surface area contributed by atoms with E-state index in [1.54, 1.807) is 32.9 Å². The van der Waals surface area contributed by atoms with E-state index in [0.29, 0.717) is 0 Å². The first kappa shape index (κ1) is 16.5. The van der Waals surface area contributed by atoms with Crippen LogP contribution in [-0.4, -0.2) is 23.0 Å². The second-order valence-corrected chi connectivity index (χ2v) is 6.57. The van der Waals surface area contributed by atoms with Crippen molar-refractivity contribution in [3.05, 3.63) is 40.1 Å². The number of aliphatic hydroxyl groups is 1. The Morgan fingerprint density at radius 3 is 2.45 bits per heavy atom. The number of aliphatic hydroxyl groups excluding tert-OH is 1. The Kier molecular flexibility index (Phi) is 4.86. The van der Waals surface area contributed by atoms with E-state index in [2.05, 4.69) is 0 Å². The van der Waals surface area contributed by atoms with Gasteiger partial charge in [0.05, 0.1) is 6.10 Å². The molecule has 1 saturated carbocycles. The molecule has 1 aliphatic carbocycles. The molecule has 1 aromatic rings. The van der Waals surface area contributed by atoms with Gasteiger partial charge in [-0.05, 0) is 51.3 Å². The van der Waals surface area contributed by atoms with Crippen molar-refractivity contribution in [2.45, 2.75) is 57.7 Å². The van der Waals surface area contributed by atoms with Gasteiger partial charge in [0.25, 0.3) is 0 Å². The molecule has 0 radical (unpaired) electrons. The molecule has 1 N–H and O–H groups in total. The van der Waals surface area contributed by atoms with E-state index in [1.165, 1.54) is 12.1 Å². The minimum Gasteiger partial charge on any atom is -0.428 e. The van der Waals surface area contributed by atoms with Crippen LogP contribution >= 0.6 is 0 Å². The second kappa shape index (κ2) is 6.48. The highest BCUT2D eigenvalue weighted by Gasteiger charge is 2.26. The van der Waals surface area contributed by atoms with E-state index in [4.69, 9.17) is 9.47 Å². The number of carbonyl (C=O) groups excluding carboxylic acids is 1. The molecule has 0 aromatic heterocycles. The zero-order chi connectivity index (χ0) is 16.3. The lowest BCUT2D eigenvalue weighted by Gasteiger charge is -2.18. The maximum absolute atomic E-state index is 12.0. The molecule has 120 valence electrons. The summed E-state index contributed by atoms with van der Waals surface area (Å²) in [6.07, 6.45) is 1.35. The van der Waals surface area contributed by atoms with Gasteiger partial charge in [-0.1, -0.05) is 18.6 Å². The van der Waals surface area contributed by atoms with E-state index >= 15 is 0 Å². The van der Waals surface area contributed by atoms with Crippen molar-refractivity contribution >= 4 is 6.16 Å². The normalized spacial score (nSPS) is 21.5. The molecule has 22 heavy (non-hydrogen) atoms. The summed E-state index contributed by atoms with van der Waals surface area (Å²) in [5.74, 6) is -0.0471. The van der Waals surface area contributed by atoms with Crippen LogP contribution in [0.2, 0.25) is 0 Å². The van der Waals surface area contributed by atoms with Crippen LogP contribution in [-0.2, 0) is 4.74 Å². The lowest BCUT2D eigenvalue weighted by atomic mass is 9.97. The molecule has 0 spiro atoms. The fourth-order valence-corrected chi connectivity index (χ4v) is 2.59. The number of ether oxygens (including phenoxy) is 2. The van der Waals surface area contributed by atoms with Gasteiger partial charge in [-0.2, -0.15) is 0 Å². The molecule has 2 rings (SSSR count). The van der Waals surface area contributed by atoms with Gasteiger partial charge in [0.15, 0.2) is 5.75 Å². The molecule has 1 aliphatic rings. The van der Waals surface area contributed by atoms with Crippen LogP contribution in [0.4, 0.5) is 4.79 Å². The van der Waals surface area contributed by atoms with E-state index < -0.39 is 17.2 Å². The van der Waals surface area contributed by atoms with E-state index in [1.807, 2.05) is 0 Å². The average Bonchev–Trinajstić information content (AvgIpc) is 2.73. The maximum atomic E-state index is 12.0. The van der Waals surface area contributed by atoms with Crippen molar-refractivity contribution in [3.8, 4) is 5.75 Å². The van der Waals surface area contributed by atoms with Gasteiger partial charge in [-0.25, -0.2) is 4.79 Å². The summed E-state index contributed by atoms with van der Waals surface area (Å²) in [7, 11) is 0. The van der Waals surface area contributed by atoms with Crippen molar-refractivity contribution in [1.82, 2.24) is 0 Å². The molecule has 0 unspecified atom stereocenters. The Labute approximate surface area is 129 Å². The number of carbonyl (C=O) groups is 1.